The summed E-state index contributed by atoms with van der Waals surface area (Å²) in [5.74, 6) is -0.663. The predicted octanol–water partition coefficient (Wildman–Crippen LogP) is 2.03. The summed E-state index contributed by atoms with van der Waals surface area (Å²) >= 11 is 0. The molecule has 2 heterocycles. The number of nitrogens with one attached hydrogen (secondary N) is 1. The van der Waals surface area contributed by atoms with Gasteiger partial charge in [-0.2, -0.15) is 0 Å². The van der Waals surface area contributed by atoms with Crippen molar-refractivity contribution in [3.8, 4) is 0 Å². The van der Waals surface area contributed by atoms with E-state index < -0.39 is 11.6 Å². The fraction of sp³-hybridized carbons (Fsp3) is 0.474. The highest BCUT2D eigenvalue weighted by atomic mass is 16.2. The first-order valence-electron chi connectivity index (χ1n) is 8.84. The first kappa shape index (κ1) is 18.1. The average Bonchev–Trinajstić information content (AvgIpc) is 2.97. The Labute approximate surface area is 152 Å². The number of nitrogens with zero attached hydrogens (tertiary/aromatic N) is 2. The molecule has 0 saturated carbocycles. The number of imide groups is 2. The van der Waals surface area contributed by atoms with Gasteiger partial charge in [-0.05, 0) is 37.8 Å². The number of carbonyl (C=O) groups excluding carboxylic acids is 4. The zero-order valence-corrected chi connectivity index (χ0v) is 15.2. The van der Waals surface area contributed by atoms with Gasteiger partial charge in [-0.1, -0.05) is 26.0 Å². The smallest absolute Gasteiger partial charge is 0.323 e. The van der Waals surface area contributed by atoms with Crippen LogP contribution in [0.4, 0.5) is 4.79 Å². The van der Waals surface area contributed by atoms with Crippen LogP contribution in [0.25, 0.3) is 0 Å². The highest BCUT2D eigenvalue weighted by Gasteiger charge is 2.47. The Morgan fingerprint density at radius 1 is 0.962 bits per heavy atom. The highest BCUT2D eigenvalue weighted by Crippen LogP contribution is 2.26. The topological polar surface area (TPSA) is 86.8 Å². The average molecular weight is 357 g/mol. The van der Waals surface area contributed by atoms with E-state index in [9.17, 15) is 19.2 Å². The molecule has 1 unspecified atom stereocenters. The standard InChI is InChI=1S/C19H23N3O4/c1-12(2)8-9-19(3)17(25)22(18(26)20-19)11-10-21-15(23)13-6-4-5-7-14(13)16(21)24/h4-7,12H,8-11H2,1-3H3,(H,20,26). The van der Waals surface area contributed by atoms with E-state index in [4.69, 9.17) is 0 Å². The van der Waals surface area contributed by atoms with E-state index in [1.165, 1.54) is 0 Å². The molecule has 1 aromatic carbocycles. The van der Waals surface area contributed by atoms with Gasteiger partial charge in [0, 0.05) is 13.1 Å². The van der Waals surface area contributed by atoms with Crippen molar-refractivity contribution in [2.45, 2.75) is 39.2 Å². The first-order chi connectivity index (χ1) is 12.2. The maximum atomic E-state index is 12.7. The number of carbonyl (C=O) groups is 4. The summed E-state index contributed by atoms with van der Waals surface area (Å²) < 4.78 is 0. The summed E-state index contributed by atoms with van der Waals surface area (Å²) in [4.78, 5) is 51.9. The van der Waals surface area contributed by atoms with E-state index in [0.29, 0.717) is 23.5 Å². The summed E-state index contributed by atoms with van der Waals surface area (Å²) in [7, 11) is 0. The van der Waals surface area contributed by atoms with E-state index in [1.54, 1.807) is 31.2 Å². The number of amides is 5. The molecule has 1 atom stereocenters. The van der Waals surface area contributed by atoms with Crippen molar-refractivity contribution >= 4 is 23.8 Å². The number of hydrogen-bond donors (Lipinski definition) is 1. The molecule has 3 rings (SSSR count). The molecule has 1 saturated heterocycles. The van der Waals surface area contributed by atoms with E-state index >= 15 is 0 Å². The Bertz CT molecular complexity index is 754. The molecule has 5 amide bonds. The fourth-order valence-corrected chi connectivity index (χ4v) is 3.34. The first-order valence-corrected chi connectivity index (χ1v) is 8.84. The Kier molecular flexibility index (Phi) is 4.56. The lowest BCUT2D eigenvalue weighted by atomic mass is 9.92. The molecule has 0 aromatic heterocycles. The molecule has 1 N–H and O–H groups in total. The molecule has 138 valence electrons. The van der Waals surface area contributed by atoms with Gasteiger partial charge in [0.25, 0.3) is 17.7 Å². The number of hydrogen-bond acceptors (Lipinski definition) is 4. The number of fused-ring (bicyclic) bond motifs is 1. The van der Waals surface area contributed by atoms with E-state index in [-0.39, 0.29) is 30.8 Å². The Morgan fingerprint density at radius 3 is 2.04 bits per heavy atom. The summed E-state index contributed by atoms with van der Waals surface area (Å²) in [5.41, 5.74) is -0.212. The molecular weight excluding hydrogens is 334 g/mol. The maximum absolute atomic E-state index is 12.7. The minimum absolute atomic E-state index is 0.00654. The lowest BCUT2D eigenvalue weighted by molar-refractivity contribution is -0.131. The molecular formula is C19H23N3O4. The molecule has 0 radical (unpaired) electrons. The van der Waals surface area contributed by atoms with Crippen LogP contribution in [0.2, 0.25) is 0 Å². The van der Waals surface area contributed by atoms with Crippen molar-refractivity contribution in [3.05, 3.63) is 35.4 Å². The summed E-state index contributed by atoms with van der Waals surface area (Å²) in [5, 5.41) is 2.75. The van der Waals surface area contributed by atoms with Gasteiger partial charge in [-0.25, -0.2) is 4.79 Å². The van der Waals surface area contributed by atoms with E-state index in [2.05, 4.69) is 19.2 Å². The van der Waals surface area contributed by atoms with Crippen molar-refractivity contribution in [3.63, 3.8) is 0 Å². The second-order valence-corrected chi connectivity index (χ2v) is 7.46. The van der Waals surface area contributed by atoms with Crippen LogP contribution in [0.15, 0.2) is 24.3 Å². The molecule has 7 nitrogen and oxygen atoms in total. The predicted molar refractivity (Wildman–Crippen MR) is 94.5 cm³/mol. The lowest BCUT2D eigenvalue weighted by Gasteiger charge is -2.23. The minimum Gasteiger partial charge on any atom is -0.323 e. The SMILES string of the molecule is CC(C)CCC1(C)NC(=O)N(CCN2C(=O)c3ccccc3C2=O)C1=O. The summed E-state index contributed by atoms with van der Waals surface area (Å²) in [6.45, 7) is 5.83. The third-order valence-corrected chi connectivity index (χ3v) is 4.99. The molecule has 0 aliphatic carbocycles. The van der Waals surface area contributed by atoms with Gasteiger partial charge in [0.15, 0.2) is 0 Å². The van der Waals surface area contributed by atoms with Crippen LogP contribution in [0.3, 0.4) is 0 Å². The second kappa shape index (κ2) is 6.55. The molecule has 1 fully saturated rings. The number of urea groups is 1. The minimum atomic E-state index is -0.927. The van der Waals surface area contributed by atoms with Gasteiger partial charge >= 0.3 is 6.03 Å². The van der Waals surface area contributed by atoms with Crippen molar-refractivity contribution in [1.29, 1.82) is 0 Å². The van der Waals surface area contributed by atoms with Crippen molar-refractivity contribution in [1.82, 2.24) is 15.1 Å². The van der Waals surface area contributed by atoms with Crippen LogP contribution in [0.1, 0.15) is 54.3 Å². The normalized spacial score (nSPS) is 22.5. The van der Waals surface area contributed by atoms with Crippen LogP contribution < -0.4 is 5.32 Å². The van der Waals surface area contributed by atoms with Crippen molar-refractivity contribution < 1.29 is 19.2 Å². The van der Waals surface area contributed by atoms with Crippen molar-refractivity contribution in [2.75, 3.05) is 13.1 Å². The number of rotatable bonds is 6. The maximum Gasteiger partial charge on any atom is 0.325 e. The Morgan fingerprint density at radius 2 is 1.50 bits per heavy atom. The molecule has 26 heavy (non-hydrogen) atoms. The summed E-state index contributed by atoms with van der Waals surface area (Å²) in [6, 6.07) is 6.13. The van der Waals surface area contributed by atoms with Gasteiger partial charge < -0.3 is 5.32 Å². The zero-order chi connectivity index (χ0) is 19.1. The van der Waals surface area contributed by atoms with Crippen LogP contribution in [0.5, 0.6) is 0 Å². The van der Waals surface area contributed by atoms with Crippen molar-refractivity contribution in [2.24, 2.45) is 5.92 Å². The molecule has 0 spiro atoms. The third kappa shape index (κ3) is 2.98. The van der Waals surface area contributed by atoms with Gasteiger partial charge in [0.05, 0.1) is 11.1 Å². The Balaban J connectivity index is 1.67. The van der Waals surface area contributed by atoms with Crippen LogP contribution in [0, 0.1) is 5.92 Å². The second-order valence-electron chi connectivity index (χ2n) is 7.46. The molecule has 7 heteroatoms. The molecule has 2 aliphatic rings. The van der Waals surface area contributed by atoms with Gasteiger partial charge in [-0.3, -0.25) is 24.2 Å². The zero-order valence-electron chi connectivity index (χ0n) is 15.2. The Hall–Kier alpha value is -2.70. The fourth-order valence-electron chi connectivity index (χ4n) is 3.34. The highest BCUT2D eigenvalue weighted by molar-refractivity contribution is 6.21. The van der Waals surface area contributed by atoms with Crippen LogP contribution in [-0.2, 0) is 4.79 Å². The van der Waals surface area contributed by atoms with Gasteiger partial charge in [-0.15, -0.1) is 0 Å². The van der Waals surface area contributed by atoms with Crippen LogP contribution >= 0.6 is 0 Å². The molecule has 1 aromatic rings. The van der Waals surface area contributed by atoms with E-state index in [0.717, 1.165) is 16.2 Å². The monoisotopic (exact) mass is 357 g/mol. The largest absolute Gasteiger partial charge is 0.325 e. The van der Waals surface area contributed by atoms with Gasteiger partial charge in [0.2, 0.25) is 0 Å². The molecule has 2 aliphatic heterocycles. The van der Waals surface area contributed by atoms with E-state index in [1.807, 2.05) is 0 Å². The van der Waals surface area contributed by atoms with Crippen LogP contribution in [-0.4, -0.2) is 52.2 Å². The lowest BCUT2D eigenvalue weighted by Crippen LogP contribution is -2.45. The third-order valence-electron chi connectivity index (χ3n) is 4.99. The summed E-state index contributed by atoms with van der Waals surface area (Å²) in [6.07, 6.45) is 1.37. The molecule has 0 bridgehead atoms. The number of benzene rings is 1. The quantitative estimate of drug-likeness (QED) is 0.623. The van der Waals surface area contributed by atoms with Gasteiger partial charge in [0.1, 0.15) is 5.54 Å².